The maximum Gasteiger partial charge on any atom is 0.258 e. The molecule has 0 atom stereocenters. The maximum atomic E-state index is 11.8. The Kier molecular flexibility index (Phi) is 3.28. The van der Waals surface area contributed by atoms with Crippen LogP contribution in [0.1, 0.15) is 21.7 Å². The van der Waals surface area contributed by atoms with Gasteiger partial charge in [0, 0.05) is 0 Å². The van der Waals surface area contributed by atoms with E-state index < -0.39 is 0 Å². The largest absolute Gasteiger partial charge is 0.469 e. The highest BCUT2D eigenvalue weighted by atomic mass is 79.9. The number of carbonyl (C=O) groups excluding carboxylic acids is 1. The molecule has 2 aromatic heterocycles. The number of halogens is 1. The van der Waals surface area contributed by atoms with Gasteiger partial charge in [0.1, 0.15) is 16.6 Å². The van der Waals surface area contributed by atoms with E-state index in [2.05, 4.69) is 26.2 Å². The van der Waals surface area contributed by atoms with Gasteiger partial charge in [-0.1, -0.05) is 0 Å². The number of furan rings is 1. The third-order valence-corrected chi connectivity index (χ3v) is 3.10. The van der Waals surface area contributed by atoms with Gasteiger partial charge < -0.3 is 9.73 Å². The lowest BCUT2D eigenvalue weighted by atomic mass is 10.2. The van der Waals surface area contributed by atoms with Crippen molar-refractivity contribution in [2.75, 3.05) is 5.32 Å². The van der Waals surface area contributed by atoms with Crippen LogP contribution in [0.15, 0.2) is 33.6 Å². The molecule has 0 radical (unpaired) electrons. The highest BCUT2D eigenvalue weighted by molar-refractivity contribution is 9.10. The topological polar surface area (TPSA) is 55.1 Å². The minimum atomic E-state index is -0.203. The van der Waals surface area contributed by atoms with Crippen molar-refractivity contribution in [2.24, 2.45) is 0 Å². The molecule has 4 nitrogen and oxygen atoms in total. The molecule has 0 aliphatic rings. The van der Waals surface area contributed by atoms with Crippen molar-refractivity contribution in [3.05, 3.63) is 46.1 Å². The van der Waals surface area contributed by atoms with Gasteiger partial charge in [-0.3, -0.25) is 4.79 Å². The Hall–Kier alpha value is -1.62. The summed E-state index contributed by atoms with van der Waals surface area (Å²) in [5.74, 6) is 0.505. The lowest BCUT2D eigenvalue weighted by Gasteiger charge is -2.04. The summed E-state index contributed by atoms with van der Waals surface area (Å²) in [4.78, 5) is 15.9. The molecular formula is C12H11BrN2O2. The van der Waals surface area contributed by atoms with Gasteiger partial charge in [-0.25, -0.2) is 4.98 Å². The Labute approximate surface area is 107 Å². The van der Waals surface area contributed by atoms with Crippen LogP contribution in [0.2, 0.25) is 0 Å². The minimum absolute atomic E-state index is 0.203. The molecule has 1 amide bonds. The van der Waals surface area contributed by atoms with E-state index >= 15 is 0 Å². The Morgan fingerprint density at radius 2 is 2.18 bits per heavy atom. The van der Waals surface area contributed by atoms with Crippen LogP contribution < -0.4 is 5.32 Å². The molecular weight excluding hydrogens is 284 g/mol. The van der Waals surface area contributed by atoms with E-state index in [1.165, 1.54) is 6.26 Å². The lowest BCUT2D eigenvalue weighted by Crippen LogP contribution is -2.11. The van der Waals surface area contributed by atoms with E-state index in [4.69, 9.17) is 4.42 Å². The molecule has 88 valence electrons. The quantitative estimate of drug-likeness (QED) is 0.865. The summed E-state index contributed by atoms with van der Waals surface area (Å²) in [5, 5.41) is 2.76. The molecule has 0 aliphatic heterocycles. The molecule has 2 rings (SSSR count). The van der Waals surface area contributed by atoms with Gasteiger partial charge in [0.25, 0.3) is 5.91 Å². The first-order valence-corrected chi connectivity index (χ1v) is 5.84. The van der Waals surface area contributed by atoms with Gasteiger partial charge in [-0.2, -0.15) is 0 Å². The highest BCUT2D eigenvalue weighted by Crippen LogP contribution is 2.17. The van der Waals surface area contributed by atoms with Gasteiger partial charge in [0.2, 0.25) is 0 Å². The Balaban J connectivity index is 2.15. The van der Waals surface area contributed by atoms with E-state index in [1.54, 1.807) is 19.2 Å². The van der Waals surface area contributed by atoms with Crippen LogP contribution >= 0.6 is 15.9 Å². The van der Waals surface area contributed by atoms with Crippen LogP contribution in [0.5, 0.6) is 0 Å². The molecule has 0 aromatic carbocycles. The molecule has 1 N–H and O–H groups in total. The maximum absolute atomic E-state index is 11.8. The molecule has 2 aromatic rings. The average molecular weight is 295 g/mol. The average Bonchev–Trinajstić information content (AvgIpc) is 2.70. The number of carbonyl (C=O) groups is 1. The van der Waals surface area contributed by atoms with Gasteiger partial charge in [0.05, 0.1) is 17.4 Å². The number of pyridine rings is 1. The summed E-state index contributed by atoms with van der Waals surface area (Å²) in [6.07, 6.45) is 3.03. The highest BCUT2D eigenvalue weighted by Gasteiger charge is 2.09. The fraction of sp³-hybridized carbons (Fsp3) is 0.167. The SMILES string of the molecule is Cc1cc(C(=O)Nc2cnc(Br)c(C)c2)co1. The van der Waals surface area contributed by atoms with Crippen molar-refractivity contribution in [2.45, 2.75) is 13.8 Å². The number of hydrogen-bond acceptors (Lipinski definition) is 3. The number of aryl methyl sites for hydroxylation is 2. The molecule has 0 aliphatic carbocycles. The van der Waals surface area contributed by atoms with Crippen molar-refractivity contribution in [1.82, 2.24) is 4.98 Å². The van der Waals surface area contributed by atoms with Crippen molar-refractivity contribution in [3.63, 3.8) is 0 Å². The van der Waals surface area contributed by atoms with Crippen LogP contribution in [0.3, 0.4) is 0 Å². The number of rotatable bonds is 2. The zero-order valence-corrected chi connectivity index (χ0v) is 11.0. The summed E-state index contributed by atoms with van der Waals surface area (Å²) in [5.41, 5.74) is 2.13. The van der Waals surface area contributed by atoms with Gasteiger partial charge in [-0.05, 0) is 47.5 Å². The van der Waals surface area contributed by atoms with Crippen LogP contribution in [-0.2, 0) is 0 Å². The van der Waals surface area contributed by atoms with Crippen LogP contribution in [-0.4, -0.2) is 10.9 Å². The molecule has 5 heteroatoms. The predicted molar refractivity (Wildman–Crippen MR) is 68.1 cm³/mol. The van der Waals surface area contributed by atoms with Crippen molar-refractivity contribution in [3.8, 4) is 0 Å². The third-order valence-electron chi connectivity index (χ3n) is 2.26. The Morgan fingerprint density at radius 1 is 1.41 bits per heavy atom. The second-order valence-electron chi connectivity index (χ2n) is 3.73. The Morgan fingerprint density at radius 3 is 2.76 bits per heavy atom. The molecule has 0 bridgehead atoms. The zero-order valence-electron chi connectivity index (χ0n) is 9.45. The standard InChI is InChI=1S/C12H11BrN2O2/c1-7-3-10(5-14-11(7)13)15-12(16)9-4-8(2)17-6-9/h3-6H,1-2H3,(H,15,16). The molecule has 0 unspecified atom stereocenters. The van der Waals surface area contributed by atoms with Gasteiger partial charge in [-0.15, -0.1) is 0 Å². The summed E-state index contributed by atoms with van der Waals surface area (Å²) < 4.78 is 5.86. The molecule has 0 fully saturated rings. The van der Waals surface area contributed by atoms with E-state index in [9.17, 15) is 4.79 Å². The predicted octanol–water partition coefficient (Wildman–Crippen LogP) is 3.31. The van der Waals surface area contributed by atoms with Gasteiger partial charge in [0.15, 0.2) is 0 Å². The summed E-state index contributed by atoms with van der Waals surface area (Å²) in [7, 11) is 0. The fourth-order valence-electron chi connectivity index (χ4n) is 1.39. The van der Waals surface area contributed by atoms with Crippen LogP contribution in [0.25, 0.3) is 0 Å². The number of nitrogens with zero attached hydrogens (tertiary/aromatic N) is 1. The first-order valence-electron chi connectivity index (χ1n) is 5.05. The first kappa shape index (κ1) is 11.9. The molecule has 2 heterocycles. The Bertz CT molecular complexity index is 563. The number of aromatic nitrogens is 1. The molecule has 0 spiro atoms. The van der Waals surface area contributed by atoms with E-state index in [-0.39, 0.29) is 5.91 Å². The molecule has 17 heavy (non-hydrogen) atoms. The van der Waals surface area contributed by atoms with Crippen molar-refractivity contribution >= 4 is 27.5 Å². The molecule has 0 saturated carbocycles. The summed E-state index contributed by atoms with van der Waals surface area (Å²) in [6, 6.07) is 3.54. The normalized spacial score (nSPS) is 10.3. The second kappa shape index (κ2) is 4.71. The van der Waals surface area contributed by atoms with Crippen LogP contribution in [0.4, 0.5) is 5.69 Å². The van der Waals surface area contributed by atoms with Crippen molar-refractivity contribution in [1.29, 1.82) is 0 Å². The monoisotopic (exact) mass is 294 g/mol. The number of amides is 1. The number of hydrogen-bond donors (Lipinski definition) is 1. The van der Waals surface area contributed by atoms with E-state index in [0.29, 0.717) is 17.0 Å². The minimum Gasteiger partial charge on any atom is -0.469 e. The fourth-order valence-corrected chi connectivity index (χ4v) is 1.61. The summed E-state index contributed by atoms with van der Waals surface area (Å²) in [6.45, 7) is 3.71. The lowest BCUT2D eigenvalue weighted by molar-refractivity contribution is 0.102. The van der Waals surface area contributed by atoms with Crippen LogP contribution in [0, 0.1) is 13.8 Å². The second-order valence-corrected chi connectivity index (χ2v) is 4.48. The van der Waals surface area contributed by atoms with E-state index in [0.717, 1.165) is 10.2 Å². The number of anilines is 1. The van der Waals surface area contributed by atoms with Gasteiger partial charge >= 0.3 is 0 Å². The number of nitrogens with one attached hydrogen (secondary N) is 1. The van der Waals surface area contributed by atoms with E-state index in [1.807, 2.05) is 13.0 Å². The first-order chi connectivity index (χ1) is 8.06. The smallest absolute Gasteiger partial charge is 0.258 e. The third kappa shape index (κ3) is 2.74. The zero-order chi connectivity index (χ0) is 12.4. The summed E-state index contributed by atoms with van der Waals surface area (Å²) >= 11 is 3.31. The molecule has 0 saturated heterocycles. The van der Waals surface area contributed by atoms with Crippen molar-refractivity contribution < 1.29 is 9.21 Å².